The summed E-state index contributed by atoms with van der Waals surface area (Å²) < 4.78 is 0. The smallest absolute Gasteiger partial charge is 0.0860 e. The first-order valence-corrected chi connectivity index (χ1v) is 8.04. The molecule has 1 aromatic carbocycles. The van der Waals surface area contributed by atoms with Crippen LogP contribution < -0.4 is 5.73 Å². The van der Waals surface area contributed by atoms with Crippen molar-refractivity contribution >= 4 is 11.6 Å². The first kappa shape index (κ1) is 15.8. The van der Waals surface area contributed by atoms with E-state index in [0.717, 1.165) is 29.0 Å². The fourth-order valence-electron chi connectivity index (χ4n) is 3.69. The molecule has 112 valence electrons. The third-order valence-electron chi connectivity index (χ3n) is 5.07. The van der Waals surface area contributed by atoms with Gasteiger partial charge in [-0.3, -0.25) is 0 Å². The Bertz CT molecular complexity index is 462. The molecular formula is C17H26ClNO. The largest absolute Gasteiger partial charge is 0.388 e. The summed E-state index contributed by atoms with van der Waals surface area (Å²) in [4.78, 5) is 0. The normalized spacial score (nSPS) is 28.4. The zero-order valence-electron chi connectivity index (χ0n) is 12.5. The van der Waals surface area contributed by atoms with Crippen LogP contribution in [0.4, 0.5) is 0 Å². The van der Waals surface area contributed by atoms with Gasteiger partial charge in [0, 0.05) is 17.0 Å². The Labute approximate surface area is 127 Å². The highest BCUT2D eigenvalue weighted by atomic mass is 35.5. The second-order valence-electron chi connectivity index (χ2n) is 6.34. The van der Waals surface area contributed by atoms with Gasteiger partial charge in [0.1, 0.15) is 0 Å². The monoisotopic (exact) mass is 295 g/mol. The summed E-state index contributed by atoms with van der Waals surface area (Å²) in [5.41, 5.74) is 7.95. The number of rotatable bonds is 4. The van der Waals surface area contributed by atoms with Crippen molar-refractivity contribution in [3.63, 3.8) is 0 Å². The lowest BCUT2D eigenvalue weighted by molar-refractivity contribution is -0.0165. The average Bonchev–Trinajstić information content (AvgIpc) is 2.46. The van der Waals surface area contributed by atoms with Crippen molar-refractivity contribution in [2.45, 2.75) is 52.1 Å². The summed E-state index contributed by atoms with van der Waals surface area (Å²) in [5.74, 6) is 0.689. The molecule has 2 nitrogen and oxygen atoms in total. The van der Waals surface area contributed by atoms with Gasteiger partial charge in [-0.15, -0.1) is 0 Å². The predicted octanol–water partition coefficient (Wildman–Crippen LogP) is 4.23. The molecule has 1 aliphatic rings. The van der Waals surface area contributed by atoms with Crippen LogP contribution in [0.25, 0.3) is 0 Å². The Kier molecular flexibility index (Phi) is 5.11. The number of hydrogen-bond acceptors (Lipinski definition) is 2. The molecule has 0 spiro atoms. The standard InChI is InChI=1S/C17H26ClNO/c1-3-13-5-4-8-17(10-13,11-19)16(20)15-7-6-14(18)9-12(15)2/h6-7,9,13,16,20H,3-5,8,10-11,19H2,1-2H3. The lowest BCUT2D eigenvalue weighted by Gasteiger charge is -2.44. The molecular weight excluding hydrogens is 270 g/mol. The molecule has 0 aromatic heterocycles. The SMILES string of the molecule is CCC1CCCC(CN)(C(O)c2ccc(Cl)cc2C)C1. The lowest BCUT2D eigenvalue weighted by atomic mass is 9.64. The molecule has 3 atom stereocenters. The van der Waals surface area contributed by atoms with Gasteiger partial charge in [-0.2, -0.15) is 0 Å². The van der Waals surface area contributed by atoms with Crippen LogP contribution in [0.3, 0.4) is 0 Å². The maximum Gasteiger partial charge on any atom is 0.0860 e. The van der Waals surface area contributed by atoms with Crippen LogP contribution in [0.2, 0.25) is 5.02 Å². The minimum Gasteiger partial charge on any atom is -0.388 e. The Morgan fingerprint density at radius 3 is 2.85 bits per heavy atom. The molecule has 0 radical (unpaired) electrons. The number of nitrogens with two attached hydrogens (primary N) is 1. The second kappa shape index (κ2) is 6.46. The van der Waals surface area contributed by atoms with Crippen molar-refractivity contribution in [3.05, 3.63) is 34.3 Å². The molecule has 3 unspecified atom stereocenters. The molecule has 0 aliphatic heterocycles. The van der Waals surface area contributed by atoms with E-state index in [0.29, 0.717) is 12.5 Å². The van der Waals surface area contributed by atoms with Crippen molar-refractivity contribution in [2.75, 3.05) is 6.54 Å². The van der Waals surface area contributed by atoms with Crippen LogP contribution in [-0.2, 0) is 0 Å². The van der Waals surface area contributed by atoms with Gasteiger partial charge in [-0.1, -0.05) is 43.9 Å². The van der Waals surface area contributed by atoms with Crippen molar-refractivity contribution < 1.29 is 5.11 Å². The number of aliphatic hydroxyl groups is 1. The molecule has 3 heteroatoms. The Balaban J connectivity index is 2.30. The third kappa shape index (κ3) is 3.03. The lowest BCUT2D eigenvalue weighted by Crippen LogP contribution is -2.41. The van der Waals surface area contributed by atoms with Gasteiger partial charge in [-0.05, 0) is 48.9 Å². The summed E-state index contributed by atoms with van der Waals surface area (Å²) in [6.07, 6.45) is 5.17. The highest BCUT2D eigenvalue weighted by molar-refractivity contribution is 6.30. The van der Waals surface area contributed by atoms with Gasteiger partial charge in [0.2, 0.25) is 0 Å². The number of aryl methyl sites for hydroxylation is 1. The zero-order valence-corrected chi connectivity index (χ0v) is 13.3. The molecule has 1 fully saturated rings. The van der Waals surface area contributed by atoms with E-state index >= 15 is 0 Å². The maximum absolute atomic E-state index is 11.0. The van der Waals surface area contributed by atoms with E-state index < -0.39 is 6.10 Å². The summed E-state index contributed by atoms with van der Waals surface area (Å²) in [5, 5.41) is 11.7. The minimum absolute atomic E-state index is 0.169. The van der Waals surface area contributed by atoms with Crippen LogP contribution in [0.15, 0.2) is 18.2 Å². The summed E-state index contributed by atoms with van der Waals surface area (Å²) >= 11 is 6.02. The van der Waals surface area contributed by atoms with Crippen LogP contribution in [0, 0.1) is 18.3 Å². The molecule has 3 N–H and O–H groups in total. The summed E-state index contributed by atoms with van der Waals surface area (Å²) in [6.45, 7) is 4.79. The molecule has 0 saturated heterocycles. The van der Waals surface area contributed by atoms with E-state index in [2.05, 4.69) is 6.92 Å². The fraction of sp³-hybridized carbons (Fsp3) is 0.647. The van der Waals surface area contributed by atoms with Crippen LogP contribution in [-0.4, -0.2) is 11.7 Å². The van der Waals surface area contributed by atoms with Crippen molar-refractivity contribution in [2.24, 2.45) is 17.1 Å². The molecule has 20 heavy (non-hydrogen) atoms. The van der Waals surface area contributed by atoms with Crippen molar-refractivity contribution in [1.29, 1.82) is 0 Å². The third-order valence-corrected chi connectivity index (χ3v) is 5.31. The number of hydrogen-bond donors (Lipinski definition) is 2. The van der Waals surface area contributed by atoms with Gasteiger partial charge < -0.3 is 10.8 Å². The van der Waals surface area contributed by atoms with E-state index in [-0.39, 0.29) is 5.41 Å². The number of halogens is 1. The maximum atomic E-state index is 11.0. The van der Waals surface area contributed by atoms with E-state index in [1.165, 1.54) is 19.3 Å². The second-order valence-corrected chi connectivity index (χ2v) is 6.78. The van der Waals surface area contributed by atoms with Gasteiger partial charge in [-0.25, -0.2) is 0 Å². The molecule has 0 amide bonds. The van der Waals surface area contributed by atoms with E-state index in [1.54, 1.807) is 0 Å². The molecule has 0 heterocycles. The Morgan fingerprint density at radius 2 is 2.25 bits per heavy atom. The molecule has 1 aromatic rings. The Hall–Kier alpha value is -0.570. The number of aliphatic hydroxyl groups excluding tert-OH is 1. The quantitative estimate of drug-likeness (QED) is 0.873. The average molecular weight is 296 g/mol. The predicted molar refractivity (Wildman–Crippen MR) is 84.9 cm³/mol. The first-order valence-electron chi connectivity index (χ1n) is 7.66. The summed E-state index contributed by atoms with van der Waals surface area (Å²) in [7, 11) is 0. The van der Waals surface area contributed by atoms with E-state index in [1.807, 2.05) is 25.1 Å². The van der Waals surface area contributed by atoms with Crippen molar-refractivity contribution in [3.8, 4) is 0 Å². The van der Waals surface area contributed by atoms with Gasteiger partial charge in [0.15, 0.2) is 0 Å². The van der Waals surface area contributed by atoms with Crippen LogP contribution in [0.1, 0.15) is 56.3 Å². The Morgan fingerprint density at radius 1 is 1.50 bits per heavy atom. The summed E-state index contributed by atoms with van der Waals surface area (Å²) in [6, 6.07) is 5.73. The van der Waals surface area contributed by atoms with Gasteiger partial charge in [0.05, 0.1) is 6.10 Å². The number of benzene rings is 1. The van der Waals surface area contributed by atoms with Crippen LogP contribution in [0.5, 0.6) is 0 Å². The van der Waals surface area contributed by atoms with E-state index in [4.69, 9.17) is 17.3 Å². The molecule has 1 saturated carbocycles. The minimum atomic E-state index is -0.487. The highest BCUT2D eigenvalue weighted by Crippen LogP contribution is 2.48. The zero-order chi connectivity index (χ0) is 14.8. The topological polar surface area (TPSA) is 46.2 Å². The molecule has 2 rings (SSSR count). The highest BCUT2D eigenvalue weighted by Gasteiger charge is 2.41. The van der Waals surface area contributed by atoms with Crippen LogP contribution >= 0.6 is 11.6 Å². The van der Waals surface area contributed by atoms with Gasteiger partial charge in [0.25, 0.3) is 0 Å². The molecule has 0 bridgehead atoms. The first-order chi connectivity index (χ1) is 9.52. The molecule has 1 aliphatic carbocycles. The van der Waals surface area contributed by atoms with E-state index in [9.17, 15) is 5.11 Å². The fourth-order valence-corrected chi connectivity index (χ4v) is 3.92. The van der Waals surface area contributed by atoms with Gasteiger partial charge >= 0.3 is 0 Å². The van der Waals surface area contributed by atoms with Crippen molar-refractivity contribution in [1.82, 2.24) is 0 Å².